The highest BCUT2D eigenvalue weighted by molar-refractivity contribution is 7.89. The molecule has 1 aliphatic heterocycles. The summed E-state index contributed by atoms with van der Waals surface area (Å²) in [6.45, 7) is 2.60. The Balaban J connectivity index is 1.52. The van der Waals surface area contributed by atoms with Crippen LogP contribution in [0.25, 0.3) is 11.6 Å². The Morgan fingerprint density at radius 2 is 1.36 bits per heavy atom. The molecule has 0 spiro atoms. The van der Waals surface area contributed by atoms with Gasteiger partial charge in [-0.05, 0) is 59.7 Å². The van der Waals surface area contributed by atoms with Gasteiger partial charge in [-0.15, -0.1) is 0 Å². The zero-order chi connectivity index (χ0) is 27.2. The second-order valence-corrected chi connectivity index (χ2v) is 11.8. The van der Waals surface area contributed by atoms with Crippen LogP contribution in [0.2, 0.25) is 0 Å². The fourth-order valence-electron chi connectivity index (χ4n) is 4.95. The van der Waals surface area contributed by atoms with Crippen molar-refractivity contribution >= 4 is 27.5 Å². The average molecular weight is 534 g/mol. The lowest BCUT2D eigenvalue weighted by atomic mass is 9.89. The highest BCUT2D eigenvalue weighted by Crippen LogP contribution is 2.36. The third kappa shape index (κ3) is 6.33. The molecule has 0 saturated carbocycles. The molecule has 4 aromatic carbocycles. The highest BCUT2D eigenvalue weighted by atomic mass is 32.2. The monoisotopic (exact) mass is 533 g/mol. The lowest BCUT2D eigenvalue weighted by molar-refractivity contribution is 0.104. The lowest BCUT2D eigenvalue weighted by Gasteiger charge is -2.17. The topological polar surface area (TPSA) is 54.5 Å². The summed E-state index contributed by atoms with van der Waals surface area (Å²) in [5.41, 5.74) is 5.55. The van der Waals surface area contributed by atoms with E-state index in [0.29, 0.717) is 30.0 Å². The molecule has 0 aliphatic carbocycles. The van der Waals surface area contributed by atoms with E-state index in [0.717, 1.165) is 27.8 Å². The van der Waals surface area contributed by atoms with E-state index in [4.69, 9.17) is 0 Å². The number of hydrogen-bond donors (Lipinski definition) is 0. The fraction of sp³-hybridized carbons (Fsp3) is 0.147. The molecule has 0 amide bonds. The van der Waals surface area contributed by atoms with Gasteiger partial charge in [-0.25, -0.2) is 8.42 Å². The van der Waals surface area contributed by atoms with Crippen LogP contribution < -0.4 is 0 Å². The molecule has 1 saturated heterocycles. The number of aryl methyl sites for hydroxylation is 1. The molecular formula is C34H31NO3S. The Hall–Kier alpha value is -4.06. The van der Waals surface area contributed by atoms with Crippen molar-refractivity contribution in [2.75, 3.05) is 13.1 Å². The molecule has 39 heavy (non-hydrogen) atoms. The Kier molecular flexibility index (Phi) is 8.01. The van der Waals surface area contributed by atoms with Crippen molar-refractivity contribution in [2.24, 2.45) is 5.92 Å². The van der Waals surface area contributed by atoms with Crippen LogP contribution in [-0.4, -0.2) is 31.6 Å². The number of carbonyl (C=O) groups excluding carboxylic acids is 1. The Bertz CT molecular complexity index is 1590. The molecule has 0 bridgehead atoms. The van der Waals surface area contributed by atoms with Gasteiger partial charge in [-0.1, -0.05) is 115 Å². The van der Waals surface area contributed by atoms with Gasteiger partial charge in [-0.3, -0.25) is 4.79 Å². The van der Waals surface area contributed by atoms with Crippen LogP contribution >= 0.6 is 0 Å². The van der Waals surface area contributed by atoms with E-state index in [-0.39, 0.29) is 11.7 Å². The van der Waals surface area contributed by atoms with Crippen molar-refractivity contribution in [1.29, 1.82) is 0 Å². The van der Waals surface area contributed by atoms with Crippen molar-refractivity contribution in [3.05, 3.63) is 149 Å². The summed E-state index contributed by atoms with van der Waals surface area (Å²) < 4.78 is 28.8. The number of hydrogen-bond acceptors (Lipinski definition) is 3. The smallest absolute Gasteiger partial charge is 0.243 e. The molecular weight excluding hydrogens is 502 g/mol. The average Bonchev–Trinajstić information content (AvgIpc) is 3.37. The van der Waals surface area contributed by atoms with Crippen LogP contribution in [0.3, 0.4) is 0 Å². The summed E-state index contributed by atoms with van der Waals surface area (Å²) in [6, 6.07) is 36.1. The van der Waals surface area contributed by atoms with Crippen molar-refractivity contribution in [3.63, 3.8) is 0 Å². The third-order valence-electron chi connectivity index (χ3n) is 7.09. The van der Waals surface area contributed by atoms with E-state index >= 15 is 0 Å². The van der Waals surface area contributed by atoms with Crippen molar-refractivity contribution in [1.82, 2.24) is 4.31 Å². The zero-order valence-corrected chi connectivity index (χ0v) is 22.7. The first-order chi connectivity index (χ1) is 18.9. The zero-order valence-electron chi connectivity index (χ0n) is 21.9. The summed E-state index contributed by atoms with van der Waals surface area (Å²) in [7, 11) is -3.67. The maximum absolute atomic E-state index is 13.6. The van der Waals surface area contributed by atoms with Gasteiger partial charge in [0.05, 0.1) is 4.90 Å². The molecule has 4 aromatic rings. The van der Waals surface area contributed by atoms with Crippen molar-refractivity contribution in [2.45, 2.75) is 18.2 Å². The van der Waals surface area contributed by atoms with Crippen LogP contribution in [0.4, 0.5) is 0 Å². The fourth-order valence-corrected chi connectivity index (χ4v) is 6.42. The molecule has 1 fully saturated rings. The number of carbonyl (C=O) groups is 1. The Labute approximate surface area is 231 Å². The molecule has 0 radical (unpaired) electrons. The molecule has 5 rings (SSSR count). The van der Waals surface area contributed by atoms with Gasteiger partial charge in [0.25, 0.3) is 0 Å². The van der Waals surface area contributed by atoms with E-state index in [9.17, 15) is 13.2 Å². The van der Waals surface area contributed by atoms with Gasteiger partial charge in [0.15, 0.2) is 5.78 Å². The lowest BCUT2D eigenvalue weighted by Crippen LogP contribution is -2.29. The Morgan fingerprint density at radius 3 is 1.97 bits per heavy atom. The molecule has 5 heteroatoms. The minimum Gasteiger partial charge on any atom is -0.289 e. The number of benzene rings is 4. The molecule has 1 unspecified atom stereocenters. The molecule has 1 aliphatic rings. The van der Waals surface area contributed by atoms with Gasteiger partial charge < -0.3 is 0 Å². The van der Waals surface area contributed by atoms with Gasteiger partial charge in [-0.2, -0.15) is 4.31 Å². The summed E-state index contributed by atoms with van der Waals surface area (Å²) in [5, 5.41) is 0. The second kappa shape index (κ2) is 11.8. The van der Waals surface area contributed by atoms with Crippen LogP contribution in [0.5, 0.6) is 0 Å². The van der Waals surface area contributed by atoms with E-state index in [1.165, 1.54) is 0 Å². The maximum atomic E-state index is 13.6. The summed E-state index contributed by atoms with van der Waals surface area (Å²) >= 11 is 0. The van der Waals surface area contributed by atoms with Gasteiger partial charge in [0, 0.05) is 18.7 Å². The first kappa shape index (κ1) is 26.5. The van der Waals surface area contributed by atoms with Gasteiger partial charge in [0.2, 0.25) is 10.0 Å². The van der Waals surface area contributed by atoms with Gasteiger partial charge in [0.1, 0.15) is 0 Å². The number of ketones is 1. The largest absolute Gasteiger partial charge is 0.289 e. The van der Waals surface area contributed by atoms with Gasteiger partial charge >= 0.3 is 0 Å². The SMILES string of the molecule is Cc1ccc(S(=O)(=O)N2C/C(=C\c3ccccc3)C(C/C(=C\C(=O)c3ccccc3)c3ccccc3)C2)cc1. The quantitative estimate of drug-likeness (QED) is 0.180. The number of allylic oxidation sites excluding steroid dienone is 2. The first-order valence-corrected chi connectivity index (χ1v) is 14.5. The molecule has 1 atom stereocenters. The van der Waals surface area contributed by atoms with Crippen molar-refractivity contribution < 1.29 is 13.2 Å². The Morgan fingerprint density at radius 1 is 0.795 bits per heavy atom. The molecule has 0 aromatic heterocycles. The second-order valence-electron chi connectivity index (χ2n) is 9.91. The predicted octanol–water partition coefficient (Wildman–Crippen LogP) is 7.06. The standard InChI is InChI=1S/C34H31NO3S/c1-26-17-19-33(20-18-26)39(37,38)35-24-31(21-27-11-5-2-6-12-27)32(25-35)22-30(28-13-7-3-8-14-28)23-34(36)29-15-9-4-10-16-29/h2-21,23,32H,22,24-25H2,1H3/b30-23+,31-21+. The van der Waals surface area contributed by atoms with E-state index < -0.39 is 10.0 Å². The third-order valence-corrected chi connectivity index (χ3v) is 8.92. The number of rotatable bonds is 8. The maximum Gasteiger partial charge on any atom is 0.243 e. The first-order valence-electron chi connectivity index (χ1n) is 13.1. The summed E-state index contributed by atoms with van der Waals surface area (Å²) in [6.07, 6.45) is 4.35. The molecule has 1 heterocycles. The van der Waals surface area contributed by atoms with E-state index in [1.807, 2.05) is 110 Å². The van der Waals surface area contributed by atoms with Crippen LogP contribution in [0.15, 0.2) is 132 Å². The van der Waals surface area contributed by atoms with Crippen molar-refractivity contribution in [3.8, 4) is 0 Å². The summed E-state index contributed by atoms with van der Waals surface area (Å²) in [5.74, 6) is -0.148. The highest BCUT2D eigenvalue weighted by Gasteiger charge is 2.36. The predicted molar refractivity (Wildman–Crippen MR) is 158 cm³/mol. The van der Waals surface area contributed by atoms with Crippen LogP contribution in [-0.2, 0) is 10.0 Å². The minimum atomic E-state index is -3.67. The van der Waals surface area contributed by atoms with Crippen LogP contribution in [0.1, 0.15) is 33.5 Å². The molecule has 196 valence electrons. The van der Waals surface area contributed by atoms with E-state index in [1.54, 1.807) is 22.5 Å². The molecule has 4 nitrogen and oxygen atoms in total. The normalized spacial score (nSPS) is 17.4. The van der Waals surface area contributed by atoms with Crippen LogP contribution in [0, 0.1) is 12.8 Å². The summed E-state index contributed by atoms with van der Waals surface area (Å²) in [4.78, 5) is 13.5. The number of nitrogens with zero attached hydrogens (tertiary/aromatic N) is 1. The molecule has 0 N–H and O–H groups in total. The number of sulfonamides is 1. The minimum absolute atomic E-state index is 0.0647. The van der Waals surface area contributed by atoms with E-state index in [2.05, 4.69) is 6.08 Å².